The fraction of sp³-hybridized carbons (Fsp3) is 0.288. The molecule has 5 heteroatoms. The second-order valence-electron chi connectivity index (χ2n) is 18.0. The van der Waals surface area contributed by atoms with Crippen LogP contribution in [0, 0.1) is 6.07 Å². The summed E-state index contributed by atoms with van der Waals surface area (Å²) in [5.41, 5.74) is 0.663. The van der Waals surface area contributed by atoms with Crippen molar-refractivity contribution in [2.75, 3.05) is 0 Å². The van der Waals surface area contributed by atoms with Gasteiger partial charge in [0.1, 0.15) is 11.6 Å². The zero-order valence-corrected chi connectivity index (χ0v) is 39.7. The van der Waals surface area contributed by atoms with Crippen molar-refractivity contribution in [2.24, 2.45) is 0 Å². The van der Waals surface area contributed by atoms with Gasteiger partial charge in [0.2, 0.25) is 0 Å². The molecule has 4 nitrogen and oxygen atoms in total. The largest absolute Gasteiger partial charge is 0.507 e. The predicted molar refractivity (Wildman–Crippen MR) is 266 cm³/mol. The number of aromatic nitrogens is 3. The van der Waals surface area contributed by atoms with Crippen LogP contribution in [0.5, 0.6) is 5.75 Å². The summed E-state index contributed by atoms with van der Waals surface area (Å²) in [6.07, 6.45) is -0.756. The van der Waals surface area contributed by atoms with Gasteiger partial charge in [-0.25, -0.2) is 4.98 Å². The maximum Gasteiger partial charge on any atom is 0.148 e. The maximum absolute atomic E-state index is 12.4. The first-order chi connectivity index (χ1) is 36.9. The normalized spacial score (nSPS) is 16.7. The third-order valence-electron chi connectivity index (χ3n) is 11.4. The summed E-state index contributed by atoms with van der Waals surface area (Å²) in [7, 11) is 0. The maximum atomic E-state index is 12.4. The van der Waals surface area contributed by atoms with E-state index in [4.69, 9.17) is 24.2 Å². The number of pyridine rings is 1. The molecule has 0 aliphatic rings. The van der Waals surface area contributed by atoms with Gasteiger partial charge in [0.25, 0.3) is 0 Å². The molecule has 0 bridgehead atoms. The molecule has 1 N–H and O–H groups in total. The number of benzene rings is 6. The van der Waals surface area contributed by atoms with Crippen LogP contribution >= 0.6 is 0 Å². The second kappa shape index (κ2) is 18.1. The Morgan fingerprint density at radius 2 is 1.38 bits per heavy atom. The molecule has 0 saturated heterocycles. The van der Waals surface area contributed by atoms with Crippen LogP contribution in [-0.4, -0.2) is 19.6 Å². The second-order valence-corrected chi connectivity index (χ2v) is 18.0. The van der Waals surface area contributed by atoms with Crippen LogP contribution in [0.3, 0.4) is 0 Å². The van der Waals surface area contributed by atoms with E-state index in [1.165, 1.54) is 0 Å². The minimum Gasteiger partial charge on any atom is -0.507 e. The standard InChI is InChI=1S/C59H62N3O.Pt/c1-36(2)41-23-26-53(50(32-41)40-17-14-13-15-18-40)62-54-20-16-19-48(55(54)61-57(62)51-34-43(37(3)4)33-49(38(5)6)56(51)63)44-29-45(31-47(30-44)59(10,11)12)52-35-42(27-28-60-52)39-21-24-46(25-22-39)58(7,8)9;/h13-28,30-38,63H,1-12H3;/q-1;/i7D3,8D3,9D3,21D,22D,24D,25D,27D,28D,35D,36D;. The molecule has 0 radical (unpaired) electrons. The molecular formula is C59H62N3OPt-. The van der Waals surface area contributed by atoms with Crippen LogP contribution in [0.2, 0.25) is 0 Å². The number of nitrogens with zero attached hydrogens (tertiary/aromatic N) is 3. The van der Waals surface area contributed by atoms with E-state index in [1.807, 2.05) is 138 Å². The topological polar surface area (TPSA) is 50.9 Å². The molecule has 0 saturated carbocycles. The minimum absolute atomic E-state index is 0. The van der Waals surface area contributed by atoms with Crippen LogP contribution in [0.25, 0.3) is 72.7 Å². The Bertz CT molecular complexity index is 3690. The summed E-state index contributed by atoms with van der Waals surface area (Å²) in [4.78, 5) is 9.84. The number of fused-ring (bicyclic) bond motifs is 1. The number of hydrogen-bond donors (Lipinski definition) is 1. The Kier molecular flexibility index (Phi) is 8.23. The Hall–Kier alpha value is -5.57. The number of phenols is 1. The van der Waals surface area contributed by atoms with Gasteiger partial charge in [0, 0.05) is 52.2 Å². The molecule has 0 unspecified atom stereocenters. The molecule has 8 aromatic rings. The van der Waals surface area contributed by atoms with Crippen molar-refractivity contribution in [1.29, 1.82) is 0 Å². The predicted octanol–water partition coefficient (Wildman–Crippen LogP) is 16.2. The van der Waals surface area contributed by atoms with Crippen molar-refractivity contribution in [2.45, 2.75) is 111 Å². The van der Waals surface area contributed by atoms with Crippen LogP contribution in [0.15, 0.2) is 133 Å². The van der Waals surface area contributed by atoms with Crippen molar-refractivity contribution in [3.05, 3.63) is 167 Å². The summed E-state index contributed by atoms with van der Waals surface area (Å²) in [6.45, 7) is 5.92. The minimum atomic E-state index is -3.93. The monoisotopic (exact) mass is 1040 g/mol. The number of aromatic hydroxyl groups is 1. The zero-order valence-electron chi connectivity index (χ0n) is 54.4. The summed E-state index contributed by atoms with van der Waals surface area (Å²) in [6, 6.07) is 25.9. The molecule has 0 aliphatic carbocycles. The van der Waals surface area contributed by atoms with E-state index in [2.05, 4.69) is 24.9 Å². The molecule has 0 fully saturated rings. The molecule has 6 aromatic carbocycles. The van der Waals surface area contributed by atoms with Gasteiger partial charge < -0.3 is 5.11 Å². The Labute approximate surface area is 420 Å². The number of phenolic OH excluding ortho intramolecular Hbond substituents is 1. The quantitative estimate of drug-likeness (QED) is 0.147. The summed E-state index contributed by atoms with van der Waals surface area (Å²) >= 11 is 0. The third kappa shape index (κ3) is 9.18. The summed E-state index contributed by atoms with van der Waals surface area (Å²) in [5, 5.41) is 12.4. The van der Waals surface area contributed by atoms with Crippen molar-refractivity contribution >= 4 is 11.0 Å². The summed E-state index contributed by atoms with van der Waals surface area (Å²) < 4.78 is 149. The van der Waals surface area contributed by atoms with Crippen LogP contribution < -0.4 is 0 Å². The molecular weight excluding hydrogens is 962 g/mol. The average Bonchev–Trinajstić information content (AvgIpc) is 3.74. The van der Waals surface area contributed by atoms with E-state index in [0.29, 0.717) is 44.8 Å². The molecule has 0 atom stereocenters. The first-order valence-electron chi connectivity index (χ1n) is 29.6. The van der Waals surface area contributed by atoms with Crippen molar-refractivity contribution < 1.29 is 49.5 Å². The molecule has 0 spiro atoms. The van der Waals surface area contributed by atoms with E-state index in [0.717, 1.165) is 27.8 Å². The fourth-order valence-corrected chi connectivity index (χ4v) is 7.73. The van der Waals surface area contributed by atoms with Crippen LogP contribution in [0.1, 0.15) is 152 Å². The smallest absolute Gasteiger partial charge is 0.148 e. The van der Waals surface area contributed by atoms with Crippen molar-refractivity contribution in [3.63, 3.8) is 0 Å². The van der Waals surface area contributed by atoms with Gasteiger partial charge in [0.15, 0.2) is 0 Å². The fourth-order valence-electron chi connectivity index (χ4n) is 7.73. The van der Waals surface area contributed by atoms with Gasteiger partial charge in [-0.1, -0.05) is 179 Å². The first kappa shape index (κ1) is 29.1. The van der Waals surface area contributed by atoms with E-state index >= 15 is 0 Å². The summed E-state index contributed by atoms with van der Waals surface area (Å²) in [5.74, 6) is -0.475. The zero-order chi connectivity index (χ0) is 59.5. The number of rotatable bonds is 9. The van der Waals surface area contributed by atoms with E-state index < -0.39 is 96.4 Å². The number of para-hydroxylation sites is 1. The van der Waals surface area contributed by atoms with Gasteiger partial charge in [-0.2, -0.15) is 0 Å². The third-order valence-corrected chi connectivity index (χ3v) is 11.4. The molecule has 330 valence electrons. The van der Waals surface area contributed by atoms with E-state index in [9.17, 15) is 9.22 Å². The first-order valence-corrected chi connectivity index (χ1v) is 21.1. The molecule has 8 rings (SSSR count). The number of imidazole rings is 1. The van der Waals surface area contributed by atoms with Gasteiger partial charge >= 0.3 is 0 Å². The molecule has 64 heavy (non-hydrogen) atoms. The molecule has 0 amide bonds. The van der Waals surface area contributed by atoms with Crippen molar-refractivity contribution in [3.8, 4) is 67.5 Å². The van der Waals surface area contributed by atoms with Crippen LogP contribution in [0.4, 0.5) is 0 Å². The average molecular weight is 1040 g/mol. The Morgan fingerprint density at radius 1 is 0.672 bits per heavy atom. The van der Waals surface area contributed by atoms with Crippen LogP contribution in [-0.2, 0) is 31.9 Å². The number of hydrogen-bond acceptors (Lipinski definition) is 3. The van der Waals surface area contributed by atoms with Gasteiger partial charge in [-0.3, -0.25) is 9.55 Å². The van der Waals surface area contributed by atoms with Crippen molar-refractivity contribution in [1.82, 2.24) is 14.5 Å². The Balaban J connectivity index is 0.00000946. The van der Waals surface area contributed by atoms with E-state index in [1.54, 1.807) is 6.07 Å². The van der Waals surface area contributed by atoms with Gasteiger partial charge in [-0.05, 0) is 97.8 Å². The van der Waals surface area contributed by atoms with E-state index in [-0.39, 0.29) is 49.9 Å². The SMILES string of the molecule is [2H]c1nc(-c2[c-]c(-c3cccc4c3nc(-c3cc(C(C)C)cc(C(C)C)c3O)n4-c3ccc(C([2H])(C)C)cc3-c3ccccc3)cc(C(C)(C)C)c2)c([2H])c(-c2c([2H])c([2H])c(C(C([2H])([2H])[2H])(C([2H])([2H])[2H])C([2H])([2H])[2H])c([2H])c2[2H])c1[2H].[Pt]. The van der Waals surface area contributed by atoms with Gasteiger partial charge in [-0.15, -0.1) is 29.3 Å². The molecule has 0 aliphatic heterocycles. The Morgan fingerprint density at radius 3 is 2.03 bits per heavy atom. The molecule has 2 aromatic heterocycles. The van der Waals surface area contributed by atoms with Gasteiger partial charge in [0.05, 0.1) is 31.9 Å². The molecule has 2 heterocycles.